The van der Waals surface area contributed by atoms with Crippen molar-refractivity contribution in [2.45, 2.75) is 91.9 Å². The second-order valence-corrected chi connectivity index (χ2v) is 16.0. The van der Waals surface area contributed by atoms with Crippen LogP contribution in [0.15, 0.2) is 109 Å². The summed E-state index contributed by atoms with van der Waals surface area (Å²) in [5.41, 5.74) is 14.1. The number of benzene rings is 4. The van der Waals surface area contributed by atoms with Crippen molar-refractivity contribution in [3.63, 3.8) is 0 Å². The lowest BCUT2D eigenvalue weighted by Gasteiger charge is -2.14. The maximum Gasteiger partial charge on any atom is 0.0894 e. The van der Waals surface area contributed by atoms with Gasteiger partial charge in [-0.15, -0.1) is 0 Å². The van der Waals surface area contributed by atoms with Gasteiger partial charge in [-0.25, -0.2) is 0 Å². The van der Waals surface area contributed by atoms with Crippen molar-refractivity contribution in [3.05, 3.63) is 121 Å². The van der Waals surface area contributed by atoms with E-state index in [9.17, 15) is 0 Å². The molecule has 0 saturated heterocycles. The summed E-state index contributed by atoms with van der Waals surface area (Å²) >= 11 is 0. The highest BCUT2D eigenvalue weighted by molar-refractivity contribution is 6.11. The third-order valence-electron chi connectivity index (χ3n) is 12.3. The minimum atomic E-state index is 0.769. The van der Waals surface area contributed by atoms with Crippen molar-refractivity contribution in [3.8, 4) is 33.6 Å². The number of nitrogens with one attached hydrogen (secondary N) is 1. The molecule has 0 amide bonds. The Morgan fingerprint density at radius 1 is 0.509 bits per heavy atom. The van der Waals surface area contributed by atoms with Crippen LogP contribution in [0, 0.1) is 11.8 Å². The van der Waals surface area contributed by atoms with Crippen molar-refractivity contribution >= 4 is 43.6 Å². The lowest BCUT2D eigenvalue weighted by atomic mass is 9.91. The summed E-state index contributed by atoms with van der Waals surface area (Å²) in [7, 11) is 2.14. The van der Waals surface area contributed by atoms with Gasteiger partial charge in [-0.3, -0.25) is 9.97 Å². The summed E-state index contributed by atoms with van der Waals surface area (Å²) in [5.74, 6) is 1.54. The minimum absolute atomic E-state index is 0.769. The van der Waals surface area contributed by atoms with Crippen molar-refractivity contribution in [1.29, 1.82) is 0 Å². The molecular weight excluding hydrogens is 669 g/mol. The number of H-pyrrole nitrogens is 1. The monoisotopic (exact) mass is 724 g/mol. The molecule has 0 radical (unpaired) electrons. The van der Waals surface area contributed by atoms with E-state index < -0.39 is 0 Å². The second kappa shape index (κ2) is 16.3. The Hall–Kier alpha value is -5.22. The van der Waals surface area contributed by atoms with Crippen LogP contribution in [0.1, 0.15) is 90.2 Å². The van der Waals surface area contributed by atoms with Crippen LogP contribution in [-0.2, 0) is 19.9 Å². The highest BCUT2D eigenvalue weighted by Crippen LogP contribution is 2.36. The molecule has 8 rings (SSSR count). The summed E-state index contributed by atoms with van der Waals surface area (Å²) in [6.45, 7) is 9.24. The van der Waals surface area contributed by atoms with Gasteiger partial charge in [0.1, 0.15) is 0 Å². The van der Waals surface area contributed by atoms with Crippen LogP contribution in [0.2, 0.25) is 0 Å². The van der Waals surface area contributed by atoms with E-state index in [1.165, 1.54) is 125 Å². The number of pyridine rings is 2. The first kappa shape index (κ1) is 36.7. The molecule has 1 N–H and O–H groups in total. The van der Waals surface area contributed by atoms with Crippen LogP contribution in [-0.4, -0.2) is 19.5 Å². The van der Waals surface area contributed by atoms with Gasteiger partial charge in [0.25, 0.3) is 0 Å². The fraction of sp³-hybridized carbons (Fsp3) is 0.333. The lowest BCUT2D eigenvalue weighted by molar-refractivity contribution is 0.449. The van der Waals surface area contributed by atoms with Crippen LogP contribution in [0.3, 0.4) is 0 Å². The first-order chi connectivity index (χ1) is 27.0. The van der Waals surface area contributed by atoms with Gasteiger partial charge in [0.15, 0.2) is 0 Å². The SMILES string of the molecule is CCCCC(CC)Cc1ccc(-c2ccc3[nH]c4cnc(-c5cc6c7cc(-c8ccc(CC(CC)CCCC)cc8)ccc7n(C)c6cn5)cc4c3c2)cc1. The number of nitrogens with zero attached hydrogens (tertiary/aromatic N) is 3. The molecule has 4 nitrogen and oxygen atoms in total. The van der Waals surface area contributed by atoms with Crippen LogP contribution >= 0.6 is 0 Å². The standard InChI is InChI=1S/C51H56N4/c1-6-10-12-34(8-3)26-36-14-18-38(19-15-36)40-22-24-46-42(28-40)43-30-47(52-32-49(43)54-46)48-31-45-44-29-41(23-25-50(44)55(5)51(45)33-53-48)39-20-16-37(17-21-39)27-35(9-4)13-11-7-2/h14-25,28-35,54H,6-13,26-27H2,1-5H3. The summed E-state index contributed by atoms with van der Waals surface area (Å²) in [6.07, 6.45) is 16.6. The number of aryl methyl sites for hydroxylation is 1. The highest BCUT2D eigenvalue weighted by Gasteiger charge is 2.15. The zero-order valence-electron chi connectivity index (χ0n) is 33.5. The summed E-state index contributed by atoms with van der Waals surface area (Å²) < 4.78 is 2.26. The normalized spacial score (nSPS) is 13.0. The number of rotatable bonds is 15. The maximum atomic E-state index is 4.97. The van der Waals surface area contributed by atoms with Crippen molar-refractivity contribution in [1.82, 2.24) is 19.5 Å². The average Bonchev–Trinajstić information content (AvgIpc) is 3.74. The van der Waals surface area contributed by atoms with Crippen molar-refractivity contribution < 1.29 is 0 Å². The van der Waals surface area contributed by atoms with Crippen LogP contribution < -0.4 is 0 Å². The Morgan fingerprint density at radius 2 is 1.00 bits per heavy atom. The van der Waals surface area contributed by atoms with E-state index >= 15 is 0 Å². The van der Waals surface area contributed by atoms with E-state index in [0.29, 0.717) is 0 Å². The molecule has 8 aromatic rings. The van der Waals surface area contributed by atoms with Gasteiger partial charge < -0.3 is 9.55 Å². The Balaban J connectivity index is 1.09. The Bertz CT molecular complexity index is 2550. The fourth-order valence-corrected chi connectivity index (χ4v) is 8.76. The van der Waals surface area contributed by atoms with Gasteiger partial charge in [-0.1, -0.05) is 140 Å². The van der Waals surface area contributed by atoms with E-state index in [4.69, 9.17) is 9.97 Å². The van der Waals surface area contributed by atoms with E-state index in [2.05, 4.69) is 141 Å². The predicted molar refractivity (Wildman–Crippen MR) is 236 cm³/mol. The average molecular weight is 725 g/mol. The topological polar surface area (TPSA) is 46.5 Å². The number of unbranched alkanes of at least 4 members (excludes halogenated alkanes) is 2. The molecule has 0 aliphatic heterocycles. The molecule has 2 atom stereocenters. The minimum Gasteiger partial charge on any atom is -0.353 e. The molecule has 4 heterocycles. The predicted octanol–water partition coefficient (Wildman–Crippen LogP) is 14.3. The van der Waals surface area contributed by atoms with Crippen molar-refractivity contribution in [2.75, 3.05) is 0 Å². The smallest absolute Gasteiger partial charge is 0.0894 e. The van der Waals surface area contributed by atoms with E-state index in [-0.39, 0.29) is 0 Å². The molecular formula is C51H56N4. The zero-order chi connectivity index (χ0) is 37.9. The number of fused-ring (bicyclic) bond motifs is 6. The largest absolute Gasteiger partial charge is 0.353 e. The Labute approximate surface area is 327 Å². The van der Waals surface area contributed by atoms with Gasteiger partial charge in [0.05, 0.1) is 34.8 Å². The van der Waals surface area contributed by atoms with Crippen LogP contribution in [0.25, 0.3) is 77.3 Å². The molecule has 0 aliphatic rings. The molecule has 0 bridgehead atoms. The van der Waals surface area contributed by atoms with E-state index in [1.807, 2.05) is 12.4 Å². The molecule has 4 heteroatoms. The second-order valence-electron chi connectivity index (χ2n) is 16.0. The lowest BCUT2D eigenvalue weighted by Crippen LogP contribution is -2.03. The van der Waals surface area contributed by atoms with Gasteiger partial charge in [0.2, 0.25) is 0 Å². The molecule has 0 saturated carbocycles. The first-order valence-electron chi connectivity index (χ1n) is 20.9. The molecule has 0 aliphatic carbocycles. The number of hydrogen-bond donors (Lipinski definition) is 1. The van der Waals surface area contributed by atoms with Crippen LogP contribution in [0.5, 0.6) is 0 Å². The molecule has 2 unspecified atom stereocenters. The number of hydrogen-bond acceptors (Lipinski definition) is 2. The van der Waals surface area contributed by atoms with Gasteiger partial charge >= 0.3 is 0 Å². The molecule has 0 fully saturated rings. The highest BCUT2D eigenvalue weighted by atomic mass is 14.9. The Kier molecular flexibility index (Phi) is 10.9. The summed E-state index contributed by atoms with van der Waals surface area (Å²) in [4.78, 5) is 13.5. The van der Waals surface area contributed by atoms with Crippen molar-refractivity contribution in [2.24, 2.45) is 18.9 Å². The summed E-state index contributed by atoms with van der Waals surface area (Å²) in [6, 6.07) is 36.6. The van der Waals surface area contributed by atoms with Crippen LogP contribution in [0.4, 0.5) is 0 Å². The Morgan fingerprint density at radius 3 is 1.58 bits per heavy atom. The number of aromatic amines is 1. The summed E-state index contributed by atoms with van der Waals surface area (Å²) in [5, 5.41) is 4.81. The molecule has 0 spiro atoms. The van der Waals surface area contributed by atoms with E-state index in [0.717, 1.165) is 39.8 Å². The maximum absolute atomic E-state index is 4.97. The quantitative estimate of drug-likeness (QED) is 0.114. The van der Waals surface area contributed by atoms with Gasteiger partial charge in [-0.05, 0) is 94.5 Å². The zero-order valence-corrected chi connectivity index (χ0v) is 33.5. The molecule has 55 heavy (non-hydrogen) atoms. The number of aromatic nitrogens is 4. The van der Waals surface area contributed by atoms with E-state index in [1.54, 1.807) is 0 Å². The first-order valence-corrected chi connectivity index (χ1v) is 20.9. The third kappa shape index (κ3) is 7.57. The fourth-order valence-electron chi connectivity index (χ4n) is 8.76. The van der Waals surface area contributed by atoms with Gasteiger partial charge in [-0.2, -0.15) is 0 Å². The van der Waals surface area contributed by atoms with Gasteiger partial charge in [0, 0.05) is 39.6 Å². The molecule has 4 aromatic heterocycles. The molecule has 4 aromatic carbocycles. The third-order valence-corrected chi connectivity index (χ3v) is 12.3. The molecule has 280 valence electrons.